The Balaban J connectivity index is 2.52. The van der Waals surface area contributed by atoms with Crippen LogP contribution in [0.5, 0.6) is 11.5 Å². The van der Waals surface area contributed by atoms with Crippen LogP contribution in [-0.4, -0.2) is 19.3 Å². The summed E-state index contributed by atoms with van der Waals surface area (Å²) < 4.78 is 10.4. The molecule has 0 aromatic heterocycles. The second-order valence-corrected chi connectivity index (χ2v) is 3.57. The molecular formula is C11H14O3. The third-order valence-electron chi connectivity index (χ3n) is 2.62. The van der Waals surface area contributed by atoms with Gasteiger partial charge in [0.2, 0.25) is 0 Å². The number of ether oxygens (including phenoxy) is 2. The monoisotopic (exact) mass is 194 g/mol. The minimum absolute atomic E-state index is 0.698. The third kappa shape index (κ3) is 1.34. The van der Waals surface area contributed by atoms with E-state index in [1.807, 2.05) is 18.2 Å². The molecule has 0 amide bonds. The van der Waals surface area contributed by atoms with Crippen LogP contribution in [0.2, 0.25) is 0 Å². The fourth-order valence-electron chi connectivity index (χ4n) is 1.68. The molecule has 0 spiro atoms. The molecule has 2 rings (SSSR count). The van der Waals surface area contributed by atoms with Crippen molar-refractivity contribution in [3.63, 3.8) is 0 Å². The fourth-order valence-corrected chi connectivity index (χ4v) is 1.68. The van der Waals surface area contributed by atoms with Crippen molar-refractivity contribution in [2.45, 2.75) is 18.4 Å². The largest absolute Gasteiger partial charge is 0.496 e. The van der Waals surface area contributed by atoms with E-state index in [9.17, 15) is 5.11 Å². The Kier molecular flexibility index (Phi) is 2.11. The van der Waals surface area contributed by atoms with E-state index in [0.717, 1.165) is 18.4 Å². The van der Waals surface area contributed by atoms with E-state index in [4.69, 9.17) is 9.47 Å². The highest BCUT2D eigenvalue weighted by Crippen LogP contribution is 2.52. The van der Waals surface area contributed by atoms with Gasteiger partial charge in [-0.2, -0.15) is 0 Å². The lowest BCUT2D eigenvalue weighted by molar-refractivity contribution is 0.143. The standard InChI is InChI=1S/C11H14O3/c1-13-8-4-3-5-9(14-2)10(8)11(12)6-7-11/h3-5,12H,6-7H2,1-2H3. The summed E-state index contributed by atoms with van der Waals surface area (Å²) in [6.07, 6.45) is 1.56. The van der Waals surface area contributed by atoms with Crippen LogP contribution in [0.1, 0.15) is 18.4 Å². The number of rotatable bonds is 3. The topological polar surface area (TPSA) is 38.7 Å². The Bertz CT molecular complexity index is 320. The van der Waals surface area contributed by atoms with E-state index in [1.165, 1.54) is 0 Å². The molecule has 3 nitrogen and oxygen atoms in total. The molecule has 1 aliphatic carbocycles. The predicted octanol–water partition coefficient (Wildman–Crippen LogP) is 1.69. The molecular weight excluding hydrogens is 180 g/mol. The van der Waals surface area contributed by atoms with E-state index in [-0.39, 0.29) is 0 Å². The maximum Gasteiger partial charge on any atom is 0.128 e. The molecule has 76 valence electrons. The second kappa shape index (κ2) is 3.17. The van der Waals surface area contributed by atoms with Crippen molar-refractivity contribution in [3.8, 4) is 11.5 Å². The molecule has 1 aromatic rings. The summed E-state index contributed by atoms with van der Waals surface area (Å²) in [6.45, 7) is 0. The molecule has 1 aliphatic rings. The molecule has 0 saturated heterocycles. The lowest BCUT2D eigenvalue weighted by atomic mass is 10.1. The van der Waals surface area contributed by atoms with Gasteiger partial charge in [0.05, 0.1) is 25.4 Å². The summed E-state index contributed by atoms with van der Waals surface area (Å²) in [7, 11) is 3.20. The van der Waals surface area contributed by atoms with Crippen LogP contribution in [0.25, 0.3) is 0 Å². The second-order valence-electron chi connectivity index (χ2n) is 3.57. The van der Waals surface area contributed by atoms with E-state index in [0.29, 0.717) is 11.5 Å². The highest BCUT2D eigenvalue weighted by Gasteiger charge is 2.46. The molecule has 3 heteroatoms. The molecule has 1 aromatic carbocycles. The number of methoxy groups -OCH3 is 2. The first-order chi connectivity index (χ1) is 6.71. The van der Waals surface area contributed by atoms with Gasteiger partial charge < -0.3 is 14.6 Å². The van der Waals surface area contributed by atoms with Crippen molar-refractivity contribution < 1.29 is 14.6 Å². The van der Waals surface area contributed by atoms with Gasteiger partial charge in [-0.25, -0.2) is 0 Å². The van der Waals surface area contributed by atoms with Gasteiger partial charge in [0.25, 0.3) is 0 Å². The zero-order chi connectivity index (χ0) is 10.2. The molecule has 0 bridgehead atoms. The normalized spacial score (nSPS) is 17.6. The molecule has 0 radical (unpaired) electrons. The Morgan fingerprint density at radius 3 is 2.00 bits per heavy atom. The van der Waals surface area contributed by atoms with Crippen LogP contribution in [0.15, 0.2) is 18.2 Å². The zero-order valence-corrected chi connectivity index (χ0v) is 8.41. The SMILES string of the molecule is COc1cccc(OC)c1C1(O)CC1. The Hall–Kier alpha value is -1.22. The van der Waals surface area contributed by atoms with Crippen molar-refractivity contribution in [1.29, 1.82) is 0 Å². The Morgan fingerprint density at radius 1 is 1.14 bits per heavy atom. The van der Waals surface area contributed by atoms with Crippen LogP contribution in [-0.2, 0) is 5.60 Å². The van der Waals surface area contributed by atoms with Crippen molar-refractivity contribution in [2.24, 2.45) is 0 Å². The number of hydrogen-bond donors (Lipinski definition) is 1. The molecule has 0 unspecified atom stereocenters. The first-order valence-corrected chi connectivity index (χ1v) is 4.65. The molecule has 1 saturated carbocycles. The van der Waals surface area contributed by atoms with Crippen LogP contribution < -0.4 is 9.47 Å². The maximum atomic E-state index is 10.1. The lowest BCUT2D eigenvalue weighted by Gasteiger charge is -2.16. The summed E-state index contributed by atoms with van der Waals surface area (Å²) in [5, 5.41) is 10.1. The molecule has 1 fully saturated rings. The van der Waals surface area contributed by atoms with E-state index >= 15 is 0 Å². The smallest absolute Gasteiger partial charge is 0.128 e. The highest BCUT2D eigenvalue weighted by atomic mass is 16.5. The minimum Gasteiger partial charge on any atom is -0.496 e. The van der Waals surface area contributed by atoms with Crippen LogP contribution >= 0.6 is 0 Å². The molecule has 1 N–H and O–H groups in total. The summed E-state index contributed by atoms with van der Waals surface area (Å²) >= 11 is 0. The molecule has 14 heavy (non-hydrogen) atoms. The van der Waals surface area contributed by atoms with Crippen LogP contribution in [0.4, 0.5) is 0 Å². The summed E-state index contributed by atoms with van der Waals surface area (Å²) in [5.74, 6) is 1.40. The maximum absolute atomic E-state index is 10.1. The minimum atomic E-state index is -0.724. The predicted molar refractivity (Wildman–Crippen MR) is 52.7 cm³/mol. The number of hydrogen-bond acceptors (Lipinski definition) is 3. The van der Waals surface area contributed by atoms with E-state index < -0.39 is 5.60 Å². The molecule has 0 heterocycles. The van der Waals surface area contributed by atoms with Crippen molar-refractivity contribution in [3.05, 3.63) is 23.8 Å². The van der Waals surface area contributed by atoms with Gasteiger partial charge in [-0.3, -0.25) is 0 Å². The van der Waals surface area contributed by atoms with Gasteiger partial charge in [-0.1, -0.05) is 6.07 Å². The van der Waals surface area contributed by atoms with Gasteiger partial charge in [-0.05, 0) is 25.0 Å². The summed E-state index contributed by atoms with van der Waals surface area (Å²) in [5.41, 5.74) is 0.0581. The van der Waals surface area contributed by atoms with Gasteiger partial charge >= 0.3 is 0 Å². The Labute approximate surface area is 83.3 Å². The van der Waals surface area contributed by atoms with Gasteiger partial charge in [0.15, 0.2) is 0 Å². The van der Waals surface area contributed by atoms with Gasteiger partial charge in [-0.15, -0.1) is 0 Å². The van der Waals surface area contributed by atoms with E-state index in [1.54, 1.807) is 14.2 Å². The van der Waals surface area contributed by atoms with Gasteiger partial charge in [0.1, 0.15) is 11.5 Å². The molecule has 0 aliphatic heterocycles. The summed E-state index contributed by atoms with van der Waals surface area (Å²) in [6, 6.07) is 5.54. The fraction of sp³-hybridized carbons (Fsp3) is 0.455. The summed E-state index contributed by atoms with van der Waals surface area (Å²) in [4.78, 5) is 0. The zero-order valence-electron chi connectivity index (χ0n) is 8.41. The first kappa shape index (κ1) is 9.34. The van der Waals surface area contributed by atoms with Crippen molar-refractivity contribution in [2.75, 3.05) is 14.2 Å². The van der Waals surface area contributed by atoms with E-state index in [2.05, 4.69) is 0 Å². The quantitative estimate of drug-likeness (QED) is 0.795. The molecule has 0 atom stereocenters. The average Bonchev–Trinajstić information content (AvgIpc) is 2.96. The van der Waals surface area contributed by atoms with Gasteiger partial charge in [0, 0.05) is 0 Å². The van der Waals surface area contributed by atoms with Crippen LogP contribution in [0, 0.1) is 0 Å². The van der Waals surface area contributed by atoms with Crippen molar-refractivity contribution >= 4 is 0 Å². The highest BCUT2D eigenvalue weighted by molar-refractivity contribution is 5.50. The first-order valence-electron chi connectivity index (χ1n) is 4.65. The Morgan fingerprint density at radius 2 is 1.64 bits per heavy atom. The number of benzene rings is 1. The number of aliphatic hydroxyl groups is 1. The van der Waals surface area contributed by atoms with Crippen LogP contribution in [0.3, 0.4) is 0 Å². The van der Waals surface area contributed by atoms with Crippen molar-refractivity contribution in [1.82, 2.24) is 0 Å². The average molecular weight is 194 g/mol. The lowest BCUT2D eigenvalue weighted by Crippen LogP contribution is -2.08. The third-order valence-corrected chi connectivity index (χ3v) is 2.62.